The van der Waals surface area contributed by atoms with E-state index in [9.17, 15) is 9.36 Å². The molecule has 0 amide bonds. The zero-order valence-electron chi connectivity index (χ0n) is 13.6. The van der Waals surface area contributed by atoms with Crippen LogP contribution in [0.25, 0.3) is 0 Å². The van der Waals surface area contributed by atoms with Crippen LogP contribution in [0.2, 0.25) is 0 Å². The Bertz CT molecular complexity index is 642. The molecule has 24 heavy (non-hydrogen) atoms. The zero-order chi connectivity index (χ0) is 17.6. The largest absolute Gasteiger partial charge is 0.456 e. The molecule has 0 spiro atoms. The molecule has 0 fully saturated rings. The van der Waals surface area contributed by atoms with Crippen LogP contribution in [-0.2, 0) is 39.8 Å². The van der Waals surface area contributed by atoms with Crippen LogP contribution in [0.3, 0.4) is 0 Å². The van der Waals surface area contributed by atoms with Crippen molar-refractivity contribution in [1.82, 2.24) is 5.43 Å². The van der Waals surface area contributed by atoms with Crippen molar-refractivity contribution in [2.24, 2.45) is 5.10 Å². The maximum absolute atomic E-state index is 12.7. The van der Waals surface area contributed by atoms with Gasteiger partial charge in [0.25, 0.3) is 0 Å². The molecule has 1 aromatic rings. The van der Waals surface area contributed by atoms with Gasteiger partial charge >= 0.3 is 13.6 Å². The van der Waals surface area contributed by atoms with Crippen LogP contribution in [0, 0.1) is 0 Å². The van der Waals surface area contributed by atoms with Crippen LogP contribution in [0.4, 0.5) is 0 Å². The van der Waals surface area contributed by atoms with E-state index < -0.39 is 18.8 Å². The first kappa shape index (κ1) is 18.6. The average molecular weight is 358 g/mol. The number of esters is 1. The summed E-state index contributed by atoms with van der Waals surface area (Å²) in [6.07, 6.45) is -0.0510. The van der Waals surface area contributed by atoms with Crippen LogP contribution in [0.15, 0.2) is 35.4 Å². The third-order valence-electron chi connectivity index (χ3n) is 3.34. The van der Waals surface area contributed by atoms with Gasteiger partial charge in [0.15, 0.2) is 5.28 Å². The lowest BCUT2D eigenvalue weighted by molar-refractivity contribution is -0.246. The van der Waals surface area contributed by atoms with E-state index in [2.05, 4.69) is 20.3 Å². The van der Waals surface area contributed by atoms with Gasteiger partial charge in [-0.25, -0.2) is 14.6 Å². The average Bonchev–Trinajstić information content (AvgIpc) is 2.98. The number of hydrogen-bond acceptors (Lipinski definition) is 9. The maximum atomic E-state index is 12.7. The Morgan fingerprint density at radius 1 is 1.25 bits per heavy atom. The molecule has 1 heterocycles. The van der Waals surface area contributed by atoms with E-state index in [1.807, 2.05) is 30.3 Å². The number of hydrogen-bond donors (Lipinski definition) is 1. The third kappa shape index (κ3) is 4.00. The Morgan fingerprint density at radius 3 is 2.46 bits per heavy atom. The fourth-order valence-electron chi connectivity index (χ4n) is 2.05. The zero-order valence-corrected chi connectivity index (χ0v) is 14.4. The summed E-state index contributed by atoms with van der Waals surface area (Å²) in [6, 6.07) is 9.22. The molecule has 132 valence electrons. The number of nitrogens with zero attached hydrogens (tertiary/aromatic N) is 1. The summed E-state index contributed by atoms with van der Waals surface area (Å²) in [5, 5.41) is 2.55. The van der Waals surface area contributed by atoms with E-state index >= 15 is 0 Å². The monoisotopic (exact) mass is 358 g/mol. The smallest absolute Gasteiger partial charge is 0.410 e. The topological polar surface area (TPSA) is 105 Å². The first-order chi connectivity index (χ1) is 11.4. The number of nitrogens with one attached hydrogen (secondary N) is 1. The molecule has 1 N–H and O–H groups in total. The Kier molecular flexibility index (Phi) is 6.09. The Morgan fingerprint density at radius 2 is 1.88 bits per heavy atom. The molecule has 1 aliphatic heterocycles. The van der Waals surface area contributed by atoms with Gasteiger partial charge in [0.05, 0.1) is 14.2 Å². The fraction of sp³-hybridized carbons (Fsp3) is 0.429. The van der Waals surface area contributed by atoms with Gasteiger partial charge in [0, 0.05) is 6.42 Å². The van der Waals surface area contributed by atoms with Gasteiger partial charge < -0.3 is 4.74 Å². The summed E-state index contributed by atoms with van der Waals surface area (Å²) < 4.78 is 27.4. The lowest BCUT2D eigenvalue weighted by atomic mass is 10.2. The van der Waals surface area contributed by atoms with Crippen LogP contribution >= 0.6 is 7.60 Å². The van der Waals surface area contributed by atoms with Crippen molar-refractivity contribution in [3.8, 4) is 0 Å². The summed E-state index contributed by atoms with van der Waals surface area (Å²) in [4.78, 5) is 21.0. The second-order valence-corrected chi connectivity index (χ2v) is 7.44. The van der Waals surface area contributed by atoms with Crippen molar-refractivity contribution in [1.29, 1.82) is 0 Å². The van der Waals surface area contributed by atoms with E-state index in [1.165, 1.54) is 21.1 Å². The molecule has 1 aromatic carbocycles. The normalized spacial score (nSPS) is 20.4. The van der Waals surface area contributed by atoms with Gasteiger partial charge in [-0.1, -0.05) is 30.3 Å². The number of carbonyl (C=O) groups excluding carboxylic acids is 1. The SMILES string of the molecule is COOP(=O)(OOC)C1(C)CC(C(=O)OCc2ccccc2)=NN1. The van der Waals surface area contributed by atoms with Gasteiger partial charge in [-0.2, -0.15) is 5.10 Å². The molecule has 0 bridgehead atoms. The molecule has 0 radical (unpaired) electrons. The lowest BCUT2D eigenvalue weighted by Crippen LogP contribution is -2.37. The van der Waals surface area contributed by atoms with Gasteiger partial charge in [0.1, 0.15) is 12.3 Å². The highest BCUT2D eigenvalue weighted by molar-refractivity contribution is 7.55. The molecular formula is C14H19N2O7P. The molecule has 0 saturated carbocycles. The standard InChI is InChI=1S/C14H19N2O7P/c1-14(24(18,22-19-2)23-20-3)9-12(15-16-14)13(17)21-10-11-7-5-4-6-8-11/h4-8,16H,9-10H2,1-3H3. The molecule has 0 aromatic heterocycles. The highest BCUT2D eigenvalue weighted by atomic mass is 31.2. The quantitative estimate of drug-likeness (QED) is 0.326. The van der Waals surface area contributed by atoms with E-state index in [-0.39, 0.29) is 18.7 Å². The molecule has 1 atom stereocenters. The minimum atomic E-state index is -3.91. The number of benzene rings is 1. The van der Waals surface area contributed by atoms with Gasteiger partial charge in [-0.05, 0) is 12.5 Å². The molecular weight excluding hydrogens is 339 g/mol. The van der Waals surface area contributed by atoms with Crippen molar-refractivity contribution in [3.63, 3.8) is 0 Å². The molecule has 1 unspecified atom stereocenters. The van der Waals surface area contributed by atoms with E-state index in [4.69, 9.17) is 14.1 Å². The van der Waals surface area contributed by atoms with Crippen molar-refractivity contribution < 1.29 is 33.2 Å². The molecule has 1 aliphatic rings. The van der Waals surface area contributed by atoms with Gasteiger partial charge in [-0.15, -0.1) is 9.35 Å². The minimum Gasteiger partial charge on any atom is -0.456 e. The van der Waals surface area contributed by atoms with Gasteiger partial charge in [-0.3, -0.25) is 9.99 Å². The predicted octanol–water partition coefficient (Wildman–Crippen LogP) is 2.14. The lowest BCUT2D eigenvalue weighted by Gasteiger charge is -2.28. The van der Waals surface area contributed by atoms with Crippen molar-refractivity contribution in [2.75, 3.05) is 14.2 Å². The Labute approximate surface area is 139 Å². The summed E-state index contributed by atoms with van der Waals surface area (Å²) in [5.41, 5.74) is 3.49. The number of ether oxygens (including phenoxy) is 1. The highest BCUT2D eigenvalue weighted by Crippen LogP contribution is 2.61. The number of carbonyl (C=O) groups is 1. The van der Waals surface area contributed by atoms with E-state index in [1.54, 1.807) is 0 Å². The summed E-state index contributed by atoms with van der Waals surface area (Å²) in [6.45, 7) is 1.61. The highest BCUT2D eigenvalue weighted by Gasteiger charge is 2.54. The second kappa shape index (κ2) is 7.87. The van der Waals surface area contributed by atoms with E-state index in [0.717, 1.165) is 5.56 Å². The van der Waals surface area contributed by atoms with Crippen LogP contribution < -0.4 is 5.43 Å². The molecule has 9 nitrogen and oxygen atoms in total. The van der Waals surface area contributed by atoms with Gasteiger partial charge in [0.2, 0.25) is 0 Å². The molecule has 0 aliphatic carbocycles. The van der Waals surface area contributed by atoms with Crippen LogP contribution in [0.5, 0.6) is 0 Å². The number of rotatable bonds is 8. The second-order valence-electron chi connectivity index (χ2n) is 5.16. The molecule has 10 heteroatoms. The predicted molar refractivity (Wildman–Crippen MR) is 83.6 cm³/mol. The molecule has 0 saturated heterocycles. The summed E-state index contributed by atoms with van der Waals surface area (Å²) >= 11 is 0. The van der Waals surface area contributed by atoms with E-state index in [0.29, 0.717) is 0 Å². The third-order valence-corrected chi connectivity index (χ3v) is 5.50. The van der Waals surface area contributed by atoms with Crippen molar-refractivity contribution in [3.05, 3.63) is 35.9 Å². The maximum Gasteiger partial charge on any atom is 0.410 e. The molecule has 2 rings (SSSR count). The van der Waals surface area contributed by atoms with Crippen molar-refractivity contribution in [2.45, 2.75) is 25.2 Å². The van der Waals surface area contributed by atoms with Crippen LogP contribution in [0.1, 0.15) is 18.9 Å². The number of hydrazone groups is 1. The first-order valence-corrected chi connectivity index (χ1v) is 8.58. The minimum absolute atomic E-state index is 0.0510. The van der Waals surface area contributed by atoms with Crippen LogP contribution in [-0.4, -0.2) is 31.2 Å². The summed E-state index contributed by atoms with van der Waals surface area (Å²) in [5.74, 6) is -0.628. The first-order valence-electron chi connectivity index (χ1n) is 7.04. The summed E-state index contributed by atoms with van der Waals surface area (Å²) in [7, 11) is -1.55. The van der Waals surface area contributed by atoms with Crippen molar-refractivity contribution >= 4 is 19.3 Å². The Balaban J connectivity index is 1.99. The Hall–Kier alpha value is -1.77. The fourth-order valence-corrected chi connectivity index (χ4v) is 3.31.